The molecule has 2 N–H and O–H groups in total. The Morgan fingerprint density at radius 2 is 2.10 bits per heavy atom. The van der Waals surface area contributed by atoms with Gasteiger partial charge >= 0.3 is 0 Å². The van der Waals surface area contributed by atoms with E-state index in [4.69, 9.17) is 0 Å². The fourth-order valence-electron chi connectivity index (χ4n) is 1.75. The third-order valence-corrected chi connectivity index (χ3v) is 3.66. The summed E-state index contributed by atoms with van der Waals surface area (Å²) in [6.07, 6.45) is 1.00. The summed E-state index contributed by atoms with van der Waals surface area (Å²) in [6, 6.07) is 5.90. The van der Waals surface area contributed by atoms with Crippen molar-refractivity contribution in [2.45, 2.75) is 27.2 Å². The Morgan fingerprint density at radius 1 is 1.30 bits per heavy atom. The Hall–Kier alpha value is -1.95. The van der Waals surface area contributed by atoms with Gasteiger partial charge in [0.2, 0.25) is 10.1 Å². The van der Waals surface area contributed by atoms with E-state index < -0.39 is 0 Å². The number of aryl methyl sites for hydroxylation is 2. The van der Waals surface area contributed by atoms with E-state index in [1.165, 1.54) is 16.9 Å². The first-order valence-electron chi connectivity index (χ1n) is 6.56. The Morgan fingerprint density at radius 3 is 2.80 bits per heavy atom. The van der Waals surface area contributed by atoms with Crippen molar-refractivity contribution in [3.8, 4) is 0 Å². The number of nitrogens with one attached hydrogen (secondary N) is 2. The van der Waals surface area contributed by atoms with E-state index in [1.54, 1.807) is 0 Å². The lowest BCUT2D eigenvalue weighted by Crippen LogP contribution is -2.12. The molecule has 0 fully saturated rings. The molecule has 0 atom stereocenters. The summed E-state index contributed by atoms with van der Waals surface area (Å²) in [4.78, 5) is 12.1. The van der Waals surface area contributed by atoms with Crippen molar-refractivity contribution in [3.05, 3.63) is 34.3 Å². The SMILES string of the molecule is CCCNc1nnc(C(=O)Nc2ccc(C)cc2C)s1. The number of hydrogen-bond donors (Lipinski definition) is 2. The molecule has 0 aliphatic rings. The van der Waals surface area contributed by atoms with Gasteiger partial charge in [0, 0.05) is 12.2 Å². The van der Waals surface area contributed by atoms with Gasteiger partial charge in [0.25, 0.3) is 5.91 Å². The molecule has 0 spiro atoms. The molecule has 1 amide bonds. The first-order chi connectivity index (χ1) is 9.60. The van der Waals surface area contributed by atoms with E-state index in [1.807, 2.05) is 32.0 Å². The zero-order valence-corrected chi connectivity index (χ0v) is 12.7. The molecule has 0 saturated carbocycles. The van der Waals surface area contributed by atoms with Gasteiger partial charge in [-0.2, -0.15) is 0 Å². The number of amides is 1. The summed E-state index contributed by atoms with van der Waals surface area (Å²) in [5, 5.41) is 14.9. The standard InChI is InChI=1S/C14H18N4OS/c1-4-7-15-14-18-17-13(20-14)12(19)16-11-6-5-9(2)8-10(11)3/h5-6,8H,4,7H2,1-3H3,(H,15,18)(H,16,19). The van der Waals surface area contributed by atoms with Crippen molar-refractivity contribution in [2.75, 3.05) is 17.2 Å². The summed E-state index contributed by atoms with van der Waals surface area (Å²) in [7, 11) is 0. The molecule has 1 aromatic heterocycles. The highest BCUT2D eigenvalue weighted by Crippen LogP contribution is 2.19. The molecule has 2 aromatic rings. The Bertz CT molecular complexity index is 609. The van der Waals surface area contributed by atoms with Gasteiger partial charge in [-0.25, -0.2) is 0 Å². The second kappa shape index (κ2) is 6.47. The minimum atomic E-state index is -0.223. The number of rotatable bonds is 5. The van der Waals surface area contributed by atoms with Crippen LogP contribution < -0.4 is 10.6 Å². The summed E-state index contributed by atoms with van der Waals surface area (Å²) in [5.74, 6) is -0.223. The number of aromatic nitrogens is 2. The zero-order valence-electron chi connectivity index (χ0n) is 11.9. The van der Waals surface area contributed by atoms with Crippen LogP contribution in [-0.4, -0.2) is 22.6 Å². The van der Waals surface area contributed by atoms with E-state index in [0.717, 1.165) is 24.2 Å². The molecule has 0 aliphatic carbocycles. The average molecular weight is 290 g/mol. The predicted molar refractivity (Wildman–Crippen MR) is 82.6 cm³/mol. The lowest BCUT2D eigenvalue weighted by Gasteiger charge is -2.07. The van der Waals surface area contributed by atoms with Gasteiger partial charge in [-0.05, 0) is 31.9 Å². The highest BCUT2D eigenvalue weighted by molar-refractivity contribution is 7.17. The van der Waals surface area contributed by atoms with E-state index in [2.05, 4.69) is 27.8 Å². The molecule has 1 heterocycles. The highest BCUT2D eigenvalue weighted by Gasteiger charge is 2.13. The first-order valence-corrected chi connectivity index (χ1v) is 7.37. The summed E-state index contributed by atoms with van der Waals surface area (Å²) >= 11 is 1.26. The molecule has 106 valence electrons. The van der Waals surface area contributed by atoms with Gasteiger partial charge in [-0.1, -0.05) is 36.0 Å². The fraction of sp³-hybridized carbons (Fsp3) is 0.357. The number of carbonyl (C=O) groups excluding carboxylic acids is 1. The van der Waals surface area contributed by atoms with E-state index in [0.29, 0.717) is 10.1 Å². The maximum Gasteiger partial charge on any atom is 0.286 e. The molecule has 5 nitrogen and oxygen atoms in total. The first kappa shape index (κ1) is 14.5. The largest absolute Gasteiger partial charge is 0.360 e. The fourth-order valence-corrected chi connectivity index (χ4v) is 2.41. The molecule has 20 heavy (non-hydrogen) atoms. The van der Waals surface area contributed by atoms with Crippen molar-refractivity contribution in [1.29, 1.82) is 0 Å². The molecule has 0 aliphatic heterocycles. The van der Waals surface area contributed by atoms with Crippen LogP contribution in [0.4, 0.5) is 10.8 Å². The van der Waals surface area contributed by atoms with Crippen LogP contribution >= 0.6 is 11.3 Å². The maximum atomic E-state index is 12.1. The highest BCUT2D eigenvalue weighted by atomic mass is 32.1. The van der Waals surface area contributed by atoms with Crippen LogP contribution in [0.3, 0.4) is 0 Å². The number of hydrogen-bond acceptors (Lipinski definition) is 5. The summed E-state index contributed by atoms with van der Waals surface area (Å²) < 4.78 is 0. The van der Waals surface area contributed by atoms with Crippen LogP contribution in [0, 0.1) is 13.8 Å². The molecule has 1 aromatic carbocycles. The molecule has 6 heteroatoms. The lowest BCUT2D eigenvalue weighted by atomic mass is 10.1. The monoisotopic (exact) mass is 290 g/mol. The topological polar surface area (TPSA) is 66.9 Å². The van der Waals surface area contributed by atoms with Crippen LogP contribution in [0.25, 0.3) is 0 Å². The molecule has 0 radical (unpaired) electrons. The van der Waals surface area contributed by atoms with Gasteiger partial charge < -0.3 is 10.6 Å². The zero-order chi connectivity index (χ0) is 14.5. The normalized spacial score (nSPS) is 10.3. The molecule has 0 saturated heterocycles. The Kier molecular flexibility index (Phi) is 4.68. The van der Waals surface area contributed by atoms with Gasteiger partial charge in [0.1, 0.15) is 0 Å². The number of benzene rings is 1. The van der Waals surface area contributed by atoms with Crippen molar-refractivity contribution >= 4 is 28.1 Å². The Labute approximate surface area is 122 Å². The molecular formula is C14H18N4OS. The van der Waals surface area contributed by atoms with Crippen LogP contribution in [0.15, 0.2) is 18.2 Å². The lowest BCUT2D eigenvalue weighted by molar-refractivity contribution is 0.102. The van der Waals surface area contributed by atoms with Gasteiger partial charge in [-0.3, -0.25) is 4.79 Å². The molecule has 0 bridgehead atoms. The number of carbonyl (C=O) groups is 1. The quantitative estimate of drug-likeness (QED) is 0.887. The molecular weight excluding hydrogens is 272 g/mol. The van der Waals surface area contributed by atoms with Gasteiger partial charge in [0.15, 0.2) is 0 Å². The second-order valence-corrected chi connectivity index (χ2v) is 5.59. The molecule has 2 rings (SSSR count). The van der Waals surface area contributed by atoms with E-state index >= 15 is 0 Å². The van der Waals surface area contributed by atoms with Gasteiger partial charge in [0.05, 0.1) is 0 Å². The van der Waals surface area contributed by atoms with Crippen LogP contribution in [-0.2, 0) is 0 Å². The number of anilines is 2. The van der Waals surface area contributed by atoms with Crippen LogP contribution in [0.2, 0.25) is 0 Å². The number of nitrogens with zero attached hydrogens (tertiary/aromatic N) is 2. The smallest absolute Gasteiger partial charge is 0.286 e. The third kappa shape index (κ3) is 3.54. The third-order valence-electron chi connectivity index (χ3n) is 2.78. The Balaban J connectivity index is 2.06. The van der Waals surface area contributed by atoms with Crippen molar-refractivity contribution in [1.82, 2.24) is 10.2 Å². The molecule has 0 unspecified atom stereocenters. The van der Waals surface area contributed by atoms with Crippen molar-refractivity contribution in [2.24, 2.45) is 0 Å². The van der Waals surface area contributed by atoms with E-state index in [9.17, 15) is 4.79 Å². The average Bonchev–Trinajstić information content (AvgIpc) is 2.88. The predicted octanol–water partition coefficient (Wildman–Crippen LogP) is 3.23. The second-order valence-electron chi connectivity index (χ2n) is 4.61. The van der Waals surface area contributed by atoms with Gasteiger partial charge in [-0.15, -0.1) is 10.2 Å². The summed E-state index contributed by atoms with van der Waals surface area (Å²) in [5.41, 5.74) is 3.01. The minimum absolute atomic E-state index is 0.223. The van der Waals surface area contributed by atoms with Crippen LogP contribution in [0.1, 0.15) is 34.3 Å². The maximum absolute atomic E-state index is 12.1. The van der Waals surface area contributed by atoms with Crippen molar-refractivity contribution < 1.29 is 4.79 Å². The van der Waals surface area contributed by atoms with E-state index in [-0.39, 0.29) is 5.91 Å². The van der Waals surface area contributed by atoms with Crippen molar-refractivity contribution in [3.63, 3.8) is 0 Å². The summed E-state index contributed by atoms with van der Waals surface area (Å²) in [6.45, 7) is 6.89. The minimum Gasteiger partial charge on any atom is -0.360 e. The van der Waals surface area contributed by atoms with Crippen LogP contribution in [0.5, 0.6) is 0 Å².